The molecule has 2 amide bonds. The number of carbonyl (C=O) groups excluding carboxylic acids is 2. The van der Waals surface area contributed by atoms with Crippen molar-refractivity contribution in [3.8, 4) is 0 Å². The van der Waals surface area contributed by atoms with E-state index in [0.717, 1.165) is 19.0 Å². The minimum atomic E-state index is -0.191. The van der Waals surface area contributed by atoms with E-state index in [1.54, 1.807) is 30.3 Å². The first-order valence-electron chi connectivity index (χ1n) is 9.12. The highest BCUT2D eigenvalue weighted by atomic mass is 79.9. The number of amides is 2. The van der Waals surface area contributed by atoms with E-state index in [2.05, 4.69) is 31.5 Å². The molecule has 0 bridgehead atoms. The van der Waals surface area contributed by atoms with E-state index in [1.807, 2.05) is 36.4 Å². The van der Waals surface area contributed by atoms with E-state index >= 15 is 0 Å². The number of nitrogens with one attached hydrogen (secondary N) is 2. The molecule has 0 unspecified atom stereocenters. The van der Waals surface area contributed by atoms with Gasteiger partial charge in [-0.3, -0.25) is 9.59 Å². The number of carbonyl (C=O) groups is 2. The first-order valence-corrected chi connectivity index (χ1v) is 12.1. The molecule has 1 aromatic heterocycles. The number of halogens is 2. The number of aromatic nitrogens is 1. The van der Waals surface area contributed by atoms with Crippen LogP contribution in [0.1, 0.15) is 10.4 Å². The third kappa shape index (κ3) is 5.65. The van der Waals surface area contributed by atoms with E-state index in [0.29, 0.717) is 22.0 Å². The summed E-state index contributed by atoms with van der Waals surface area (Å²) in [6.07, 6.45) is 0. The topological polar surface area (TPSA) is 71.1 Å². The monoisotopic (exact) mass is 531 g/mol. The zero-order valence-corrected chi connectivity index (χ0v) is 19.9. The van der Waals surface area contributed by atoms with Crippen LogP contribution in [0, 0.1) is 0 Å². The number of rotatable bonds is 6. The summed E-state index contributed by atoms with van der Waals surface area (Å²) in [6.45, 7) is 0. The molecule has 0 aliphatic rings. The van der Waals surface area contributed by atoms with Gasteiger partial charge in [-0.15, -0.1) is 11.3 Å². The average Bonchev–Trinajstić information content (AvgIpc) is 3.15. The van der Waals surface area contributed by atoms with Crippen molar-refractivity contribution in [2.75, 3.05) is 16.4 Å². The summed E-state index contributed by atoms with van der Waals surface area (Å²) >= 11 is 12.2. The second-order valence-electron chi connectivity index (χ2n) is 6.44. The molecule has 2 N–H and O–H groups in total. The van der Waals surface area contributed by atoms with E-state index in [9.17, 15) is 9.59 Å². The predicted octanol–water partition coefficient (Wildman–Crippen LogP) is 6.70. The Morgan fingerprint density at radius 2 is 1.81 bits per heavy atom. The van der Waals surface area contributed by atoms with Gasteiger partial charge in [-0.2, -0.15) is 0 Å². The predicted molar refractivity (Wildman–Crippen MR) is 133 cm³/mol. The Labute approximate surface area is 200 Å². The van der Waals surface area contributed by atoms with Gasteiger partial charge in [0.2, 0.25) is 5.91 Å². The molecule has 3 aromatic carbocycles. The van der Waals surface area contributed by atoms with Crippen molar-refractivity contribution in [1.82, 2.24) is 4.98 Å². The molecule has 0 saturated heterocycles. The zero-order chi connectivity index (χ0) is 21.8. The lowest BCUT2D eigenvalue weighted by molar-refractivity contribution is -0.113. The fourth-order valence-electron chi connectivity index (χ4n) is 2.78. The summed E-state index contributed by atoms with van der Waals surface area (Å²) in [5.74, 6) is -0.0886. The number of thiazole rings is 1. The molecule has 0 aliphatic carbocycles. The molecule has 0 fully saturated rings. The fourth-order valence-corrected chi connectivity index (χ4v) is 5.34. The fraction of sp³-hybridized carbons (Fsp3) is 0.0455. The van der Waals surface area contributed by atoms with Crippen molar-refractivity contribution < 1.29 is 9.59 Å². The number of benzene rings is 3. The molecule has 0 atom stereocenters. The Kier molecular flexibility index (Phi) is 6.92. The van der Waals surface area contributed by atoms with Gasteiger partial charge in [0, 0.05) is 20.9 Å². The molecule has 0 aliphatic heterocycles. The highest BCUT2D eigenvalue weighted by Crippen LogP contribution is 2.31. The Morgan fingerprint density at radius 3 is 2.61 bits per heavy atom. The van der Waals surface area contributed by atoms with E-state index < -0.39 is 0 Å². The summed E-state index contributed by atoms with van der Waals surface area (Å²) in [6, 6.07) is 19.8. The minimum absolute atomic E-state index is 0.132. The lowest BCUT2D eigenvalue weighted by atomic mass is 10.2. The Balaban J connectivity index is 1.40. The quantitative estimate of drug-likeness (QED) is 0.271. The van der Waals surface area contributed by atoms with Crippen LogP contribution in [0.15, 0.2) is 75.5 Å². The van der Waals surface area contributed by atoms with Gasteiger partial charge in [0.15, 0.2) is 4.34 Å². The summed E-state index contributed by atoms with van der Waals surface area (Å²) in [5.41, 5.74) is 2.73. The van der Waals surface area contributed by atoms with Gasteiger partial charge < -0.3 is 10.6 Å². The lowest BCUT2D eigenvalue weighted by Crippen LogP contribution is -2.13. The third-order valence-electron chi connectivity index (χ3n) is 4.18. The van der Waals surface area contributed by atoms with Gasteiger partial charge in [0.1, 0.15) is 0 Å². The maximum Gasteiger partial charge on any atom is 0.256 e. The minimum Gasteiger partial charge on any atom is -0.325 e. The van der Waals surface area contributed by atoms with E-state index in [4.69, 9.17) is 11.6 Å². The van der Waals surface area contributed by atoms with Gasteiger partial charge in [-0.1, -0.05) is 41.6 Å². The van der Waals surface area contributed by atoms with Crippen molar-refractivity contribution in [1.29, 1.82) is 0 Å². The Morgan fingerprint density at radius 1 is 1.00 bits per heavy atom. The normalized spacial score (nSPS) is 10.8. The van der Waals surface area contributed by atoms with Gasteiger partial charge in [-0.05, 0) is 64.5 Å². The van der Waals surface area contributed by atoms with Crippen LogP contribution >= 0.6 is 50.6 Å². The Bertz CT molecular complexity index is 1280. The number of hydrogen-bond donors (Lipinski definition) is 2. The maximum absolute atomic E-state index is 12.5. The summed E-state index contributed by atoms with van der Waals surface area (Å²) in [7, 11) is 0. The lowest BCUT2D eigenvalue weighted by Gasteiger charge is -2.06. The van der Waals surface area contributed by atoms with Gasteiger partial charge in [0.25, 0.3) is 5.91 Å². The summed E-state index contributed by atoms with van der Waals surface area (Å²) in [4.78, 5) is 29.3. The van der Waals surface area contributed by atoms with Crippen LogP contribution in [0.25, 0.3) is 10.2 Å². The highest BCUT2D eigenvalue weighted by molar-refractivity contribution is 9.10. The molecule has 1 heterocycles. The standard InChI is InChI=1S/C22H15BrClN3O2S2/c23-17-7-2-1-6-16(17)21(29)26-15-8-9-18-19(11-15)31-22(27-18)30-12-20(28)25-14-5-3-4-13(24)10-14/h1-11H,12H2,(H,25,28)(H,26,29). The molecule has 4 aromatic rings. The van der Waals surface area contributed by atoms with Crippen LogP contribution < -0.4 is 10.6 Å². The van der Waals surface area contributed by atoms with Crippen molar-refractivity contribution in [3.05, 3.63) is 81.8 Å². The van der Waals surface area contributed by atoms with Crippen molar-refractivity contribution in [2.45, 2.75) is 4.34 Å². The van der Waals surface area contributed by atoms with Crippen LogP contribution in [-0.4, -0.2) is 22.6 Å². The van der Waals surface area contributed by atoms with Crippen LogP contribution in [-0.2, 0) is 4.79 Å². The van der Waals surface area contributed by atoms with Crippen LogP contribution in [0.4, 0.5) is 11.4 Å². The molecule has 9 heteroatoms. The zero-order valence-electron chi connectivity index (χ0n) is 15.9. The number of hydrogen-bond acceptors (Lipinski definition) is 5. The molecular formula is C22H15BrClN3O2S2. The van der Waals surface area contributed by atoms with Crippen molar-refractivity contribution in [3.63, 3.8) is 0 Å². The highest BCUT2D eigenvalue weighted by Gasteiger charge is 2.12. The first kappa shape index (κ1) is 21.8. The average molecular weight is 533 g/mol. The largest absolute Gasteiger partial charge is 0.325 e. The molecule has 0 saturated carbocycles. The van der Waals surface area contributed by atoms with E-state index in [-0.39, 0.29) is 17.6 Å². The first-order chi connectivity index (χ1) is 15.0. The third-order valence-corrected chi connectivity index (χ3v) is 7.27. The molecule has 0 radical (unpaired) electrons. The molecule has 156 valence electrons. The smallest absolute Gasteiger partial charge is 0.256 e. The molecule has 4 rings (SSSR count). The number of anilines is 2. The molecule has 31 heavy (non-hydrogen) atoms. The summed E-state index contributed by atoms with van der Waals surface area (Å²) in [5, 5.41) is 6.30. The number of nitrogens with zero attached hydrogens (tertiary/aromatic N) is 1. The van der Waals surface area contributed by atoms with Crippen LogP contribution in [0.3, 0.4) is 0 Å². The van der Waals surface area contributed by atoms with Crippen molar-refractivity contribution in [2.24, 2.45) is 0 Å². The number of thioether (sulfide) groups is 1. The molecular weight excluding hydrogens is 518 g/mol. The maximum atomic E-state index is 12.5. The molecule has 0 spiro atoms. The second kappa shape index (κ2) is 9.82. The summed E-state index contributed by atoms with van der Waals surface area (Å²) < 4.78 is 2.45. The Hall–Kier alpha value is -2.39. The van der Waals surface area contributed by atoms with Gasteiger partial charge in [-0.25, -0.2) is 4.98 Å². The van der Waals surface area contributed by atoms with E-state index in [1.165, 1.54) is 23.1 Å². The van der Waals surface area contributed by atoms with Gasteiger partial charge >= 0.3 is 0 Å². The SMILES string of the molecule is O=C(CSc1nc2ccc(NC(=O)c3ccccc3Br)cc2s1)Nc1cccc(Cl)c1. The van der Waals surface area contributed by atoms with Crippen LogP contribution in [0.5, 0.6) is 0 Å². The van der Waals surface area contributed by atoms with Gasteiger partial charge in [0.05, 0.1) is 21.5 Å². The number of fused-ring (bicyclic) bond motifs is 1. The molecule has 5 nitrogen and oxygen atoms in total. The van der Waals surface area contributed by atoms with Crippen LogP contribution in [0.2, 0.25) is 5.02 Å². The van der Waals surface area contributed by atoms with Crippen molar-refractivity contribution >= 4 is 84.0 Å². The second-order valence-corrected chi connectivity index (χ2v) is 9.99.